The SMILES string of the molecule is O=C(NCC1CCOc2ccccc21)c1cnccn1. The predicted molar refractivity (Wildman–Crippen MR) is 73.7 cm³/mol. The number of rotatable bonds is 3. The maximum Gasteiger partial charge on any atom is 0.271 e. The fraction of sp³-hybridized carbons (Fsp3) is 0.267. The number of benzene rings is 1. The first-order chi connectivity index (χ1) is 9.84. The van der Waals surface area contributed by atoms with Crippen molar-refractivity contribution in [2.45, 2.75) is 12.3 Å². The molecule has 1 aromatic heterocycles. The summed E-state index contributed by atoms with van der Waals surface area (Å²) < 4.78 is 5.61. The number of hydrogen-bond acceptors (Lipinski definition) is 4. The molecule has 0 saturated heterocycles. The van der Waals surface area contributed by atoms with Gasteiger partial charge in [0.2, 0.25) is 0 Å². The molecule has 0 saturated carbocycles. The van der Waals surface area contributed by atoms with Gasteiger partial charge in [0, 0.05) is 24.9 Å². The molecule has 1 atom stereocenters. The molecule has 0 radical (unpaired) electrons. The zero-order valence-electron chi connectivity index (χ0n) is 11.0. The second-order valence-electron chi connectivity index (χ2n) is 4.67. The molecular weight excluding hydrogens is 254 g/mol. The number of hydrogen-bond donors (Lipinski definition) is 1. The summed E-state index contributed by atoms with van der Waals surface area (Å²) in [4.78, 5) is 19.8. The van der Waals surface area contributed by atoms with Gasteiger partial charge in [-0.2, -0.15) is 0 Å². The van der Waals surface area contributed by atoms with Gasteiger partial charge in [-0.1, -0.05) is 18.2 Å². The zero-order valence-corrected chi connectivity index (χ0v) is 11.0. The molecule has 1 amide bonds. The van der Waals surface area contributed by atoms with E-state index in [2.05, 4.69) is 15.3 Å². The third kappa shape index (κ3) is 2.61. The number of ether oxygens (including phenoxy) is 1. The number of amides is 1. The maximum atomic E-state index is 12.0. The average Bonchev–Trinajstić information content (AvgIpc) is 2.53. The third-order valence-corrected chi connectivity index (χ3v) is 3.39. The Labute approximate surface area is 117 Å². The Morgan fingerprint density at radius 3 is 3.10 bits per heavy atom. The summed E-state index contributed by atoms with van der Waals surface area (Å²) in [5, 5.41) is 2.91. The van der Waals surface area contributed by atoms with E-state index >= 15 is 0 Å². The first-order valence-electron chi connectivity index (χ1n) is 6.60. The van der Waals surface area contributed by atoms with Crippen molar-refractivity contribution < 1.29 is 9.53 Å². The Morgan fingerprint density at radius 1 is 1.35 bits per heavy atom. The van der Waals surface area contributed by atoms with Gasteiger partial charge in [-0.15, -0.1) is 0 Å². The summed E-state index contributed by atoms with van der Waals surface area (Å²) in [7, 11) is 0. The number of nitrogens with zero attached hydrogens (tertiary/aromatic N) is 2. The lowest BCUT2D eigenvalue weighted by Gasteiger charge is -2.25. The fourth-order valence-corrected chi connectivity index (χ4v) is 2.35. The van der Waals surface area contributed by atoms with Crippen LogP contribution in [0, 0.1) is 0 Å². The number of para-hydroxylation sites is 1. The summed E-state index contributed by atoms with van der Waals surface area (Å²) in [5.74, 6) is 1.00. The number of carbonyl (C=O) groups excluding carboxylic acids is 1. The molecule has 102 valence electrons. The second-order valence-corrected chi connectivity index (χ2v) is 4.67. The number of fused-ring (bicyclic) bond motifs is 1. The van der Waals surface area contributed by atoms with E-state index in [-0.39, 0.29) is 11.8 Å². The Kier molecular flexibility index (Phi) is 3.58. The highest BCUT2D eigenvalue weighted by Gasteiger charge is 2.21. The Morgan fingerprint density at radius 2 is 2.25 bits per heavy atom. The Hall–Kier alpha value is -2.43. The van der Waals surface area contributed by atoms with Crippen molar-refractivity contribution in [3.63, 3.8) is 0 Å². The molecule has 2 heterocycles. The molecule has 1 N–H and O–H groups in total. The third-order valence-electron chi connectivity index (χ3n) is 3.39. The summed E-state index contributed by atoms with van der Waals surface area (Å²) in [6.07, 6.45) is 5.43. The van der Waals surface area contributed by atoms with Crippen LogP contribution in [-0.4, -0.2) is 29.0 Å². The zero-order chi connectivity index (χ0) is 13.8. The molecule has 0 spiro atoms. The van der Waals surface area contributed by atoms with Crippen LogP contribution in [0.2, 0.25) is 0 Å². The minimum absolute atomic E-state index is 0.193. The molecule has 0 fully saturated rings. The largest absolute Gasteiger partial charge is 0.493 e. The van der Waals surface area contributed by atoms with Crippen LogP contribution in [0.4, 0.5) is 0 Å². The van der Waals surface area contributed by atoms with Gasteiger partial charge in [-0.3, -0.25) is 9.78 Å². The fourth-order valence-electron chi connectivity index (χ4n) is 2.35. The van der Waals surface area contributed by atoms with E-state index in [1.165, 1.54) is 12.4 Å². The molecule has 0 bridgehead atoms. The summed E-state index contributed by atoms with van der Waals surface area (Å²) >= 11 is 0. The topological polar surface area (TPSA) is 64.1 Å². The molecule has 5 nitrogen and oxygen atoms in total. The van der Waals surface area contributed by atoms with Crippen molar-refractivity contribution in [1.29, 1.82) is 0 Å². The van der Waals surface area contributed by atoms with E-state index in [4.69, 9.17) is 4.74 Å². The predicted octanol–water partition coefficient (Wildman–Crippen LogP) is 1.77. The van der Waals surface area contributed by atoms with Gasteiger partial charge >= 0.3 is 0 Å². The lowest BCUT2D eigenvalue weighted by molar-refractivity contribution is 0.0943. The van der Waals surface area contributed by atoms with Gasteiger partial charge in [-0.05, 0) is 18.1 Å². The maximum absolute atomic E-state index is 12.0. The van der Waals surface area contributed by atoms with E-state index < -0.39 is 0 Å². The smallest absolute Gasteiger partial charge is 0.271 e. The Balaban J connectivity index is 1.67. The molecule has 20 heavy (non-hydrogen) atoms. The normalized spacial score (nSPS) is 16.9. The van der Waals surface area contributed by atoms with Crippen LogP contribution < -0.4 is 10.1 Å². The van der Waals surface area contributed by atoms with Crippen molar-refractivity contribution >= 4 is 5.91 Å². The van der Waals surface area contributed by atoms with E-state index in [1.54, 1.807) is 6.20 Å². The lowest BCUT2D eigenvalue weighted by Crippen LogP contribution is -2.31. The van der Waals surface area contributed by atoms with Crippen molar-refractivity contribution in [1.82, 2.24) is 15.3 Å². The highest BCUT2D eigenvalue weighted by Crippen LogP contribution is 2.32. The van der Waals surface area contributed by atoms with E-state index in [9.17, 15) is 4.79 Å². The lowest BCUT2D eigenvalue weighted by atomic mass is 9.93. The molecule has 3 rings (SSSR count). The van der Waals surface area contributed by atoms with Crippen LogP contribution in [0.5, 0.6) is 5.75 Å². The van der Waals surface area contributed by atoms with Crippen molar-refractivity contribution in [3.05, 3.63) is 54.1 Å². The molecule has 2 aromatic rings. The van der Waals surface area contributed by atoms with Crippen LogP contribution in [0.15, 0.2) is 42.9 Å². The first-order valence-corrected chi connectivity index (χ1v) is 6.60. The van der Waals surface area contributed by atoms with Gasteiger partial charge < -0.3 is 10.1 Å². The summed E-state index contributed by atoms with van der Waals surface area (Å²) in [6, 6.07) is 7.96. The minimum atomic E-state index is -0.193. The molecule has 1 aliphatic rings. The van der Waals surface area contributed by atoms with Crippen molar-refractivity contribution in [2.24, 2.45) is 0 Å². The standard InChI is InChI=1S/C15H15N3O2/c19-15(13-10-16-6-7-17-13)18-9-11-5-8-20-14-4-2-1-3-12(11)14/h1-4,6-7,10-11H,5,8-9H2,(H,18,19). The van der Waals surface area contributed by atoms with E-state index in [0.29, 0.717) is 18.8 Å². The van der Waals surface area contributed by atoms with Gasteiger partial charge in [0.05, 0.1) is 12.8 Å². The van der Waals surface area contributed by atoms with Gasteiger partial charge in [0.25, 0.3) is 5.91 Å². The summed E-state index contributed by atoms with van der Waals surface area (Å²) in [6.45, 7) is 1.26. The molecule has 1 unspecified atom stereocenters. The quantitative estimate of drug-likeness (QED) is 0.922. The highest BCUT2D eigenvalue weighted by molar-refractivity contribution is 5.91. The highest BCUT2D eigenvalue weighted by atomic mass is 16.5. The minimum Gasteiger partial charge on any atom is -0.493 e. The molecule has 1 aromatic carbocycles. The van der Waals surface area contributed by atoms with Crippen LogP contribution >= 0.6 is 0 Å². The van der Waals surface area contributed by atoms with Crippen molar-refractivity contribution in [2.75, 3.05) is 13.2 Å². The number of nitrogens with one attached hydrogen (secondary N) is 1. The second kappa shape index (κ2) is 5.69. The Bertz CT molecular complexity index is 601. The van der Waals surface area contributed by atoms with E-state index in [1.807, 2.05) is 24.3 Å². The number of carbonyl (C=O) groups is 1. The monoisotopic (exact) mass is 269 g/mol. The van der Waals surface area contributed by atoms with Crippen molar-refractivity contribution in [3.8, 4) is 5.75 Å². The molecule has 1 aliphatic heterocycles. The van der Waals surface area contributed by atoms with Crippen LogP contribution in [0.3, 0.4) is 0 Å². The number of aromatic nitrogens is 2. The molecular formula is C15H15N3O2. The first kappa shape index (κ1) is 12.6. The van der Waals surface area contributed by atoms with E-state index in [0.717, 1.165) is 17.7 Å². The molecule has 5 heteroatoms. The van der Waals surface area contributed by atoms with Crippen LogP contribution in [0.1, 0.15) is 28.4 Å². The average molecular weight is 269 g/mol. The van der Waals surface area contributed by atoms with Crippen LogP contribution in [0.25, 0.3) is 0 Å². The van der Waals surface area contributed by atoms with Crippen LogP contribution in [-0.2, 0) is 0 Å². The molecule has 0 aliphatic carbocycles. The van der Waals surface area contributed by atoms with Gasteiger partial charge in [0.15, 0.2) is 0 Å². The van der Waals surface area contributed by atoms with Gasteiger partial charge in [0.1, 0.15) is 11.4 Å². The summed E-state index contributed by atoms with van der Waals surface area (Å²) in [5.41, 5.74) is 1.49. The van der Waals surface area contributed by atoms with Gasteiger partial charge in [-0.25, -0.2) is 4.98 Å².